The van der Waals surface area contributed by atoms with Crippen LogP contribution in [0.1, 0.15) is 71.0 Å². The third-order valence-corrected chi connectivity index (χ3v) is 8.67. The van der Waals surface area contributed by atoms with E-state index >= 15 is 0 Å². The van der Waals surface area contributed by atoms with Gasteiger partial charge in [-0.25, -0.2) is 4.79 Å². The zero-order chi connectivity index (χ0) is 20.9. The van der Waals surface area contributed by atoms with Crippen molar-refractivity contribution >= 4 is 6.09 Å². The molecule has 30 heavy (non-hydrogen) atoms. The largest absolute Gasteiger partial charge is 0.487 e. The summed E-state index contributed by atoms with van der Waals surface area (Å²) in [7, 11) is 0. The molecule has 2 bridgehead atoms. The molecule has 2 aliphatic heterocycles. The molecule has 4 aliphatic rings. The fourth-order valence-electron chi connectivity index (χ4n) is 6.91. The van der Waals surface area contributed by atoms with Crippen molar-refractivity contribution in [3.63, 3.8) is 0 Å². The van der Waals surface area contributed by atoms with Crippen molar-refractivity contribution in [2.75, 3.05) is 13.2 Å². The van der Waals surface area contributed by atoms with Gasteiger partial charge >= 0.3 is 6.09 Å². The summed E-state index contributed by atoms with van der Waals surface area (Å²) in [5.41, 5.74) is 0.734. The van der Waals surface area contributed by atoms with Crippen LogP contribution in [0.4, 0.5) is 4.79 Å². The summed E-state index contributed by atoms with van der Waals surface area (Å²) in [6.07, 6.45) is 6.52. The number of alkyl carbamates (subject to hydrolysis) is 1. The van der Waals surface area contributed by atoms with Crippen LogP contribution in [0.3, 0.4) is 0 Å². The third-order valence-electron chi connectivity index (χ3n) is 8.67. The standard InChI is InChI=1S/C25H35NO4/c1-16-13-24(3)21-17(2)25(16,15-29-23(27)26-18-9-5-4-6-10-18)14-28-22(21)19-11-7-8-12-20(19)30-24/h7-8,11-12,16-18,21-22H,4-6,9-10,13-15H2,1-3H3,(H,26,27)/t16-,17+,21-,22+,24+,25-/m1/s1. The van der Waals surface area contributed by atoms with Gasteiger partial charge in [0.1, 0.15) is 18.0 Å². The minimum absolute atomic E-state index is 0.0478. The lowest BCUT2D eigenvalue weighted by Gasteiger charge is -2.63. The van der Waals surface area contributed by atoms with E-state index in [0.717, 1.165) is 30.6 Å². The second kappa shape index (κ2) is 7.44. The van der Waals surface area contributed by atoms with Crippen LogP contribution >= 0.6 is 0 Å². The van der Waals surface area contributed by atoms with Gasteiger partial charge in [-0.05, 0) is 44.1 Å². The van der Waals surface area contributed by atoms with Gasteiger partial charge in [0.15, 0.2) is 0 Å². The number of fused-ring (bicyclic) bond motifs is 3. The van der Waals surface area contributed by atoms with Gasteiger partial charge in [-0.3, -0.25) is 0 Å². The summed E-state index contributed by atoms with van der Waals surface area (Å²) in [5, 5.41) is 3.09. The lowest BCUT2D eigenvalue weighted by atomic mass is 9.50. The number of carbonyl (C=O) groups excluding carboxylic acids is 1. The van der Waals surface area contributed by atoms with Crippen molar-refractivity contribution in [2.45, 2.75) is 77.0 Å². The molecule has 0 spiro atoms. The number of para-hydroxylation sites is 1. The van der Waals surface area contributed by atoms with Crippen molar-refractivity contribution < 1.29 is 19.0 Å². The molecule has 6 atom stereocenters. The molecule has 1 N–H and O–H groups in total. The Morgan fingerprint density at radius 1 is 1.20 bits per heavy atom. The molecule has 1 saturated heterocycles. The normalized spacial score (nSPS) is 40.1. The zero-order valence-corrected chi connectivity index (χ0v) is 18.5. The van der Waals surface area contributed by atoms with Gasteiger partial charge in [0, 0.05) is 22.9 Å². The number of hydrogen-bond donors (Lipinski definition) is 1. The SMILES string of the molecule is C[C@@H]1C[C@]2(C)Oc3ccccc3[C@@H]3OC[C@]1(COC(=O)NC1CCCCC1)[C@@H](C)[C@H]32. The predicted octanol–water partition coefficient (Wildman–Crippen LogP) is 5.25. The van der Waals surface area contributed by atoms with Gasteiger partial charge in [-0.1, -0.05) is 51.3 Å². The minimum Gasteiger partial charge on any atom is -0.487 e. The van der Waals surface area contributed by atoms with Gasteiger partial charge in [0.05, 0.1) is 12.7 Å². The smallest absolute Gasteiger partial charge is 0.407 e. The van der Waals surface area contributed by atoms with E-state index in [9.17, 15) is 4.79 Å². The first-order valence-corrected chi connectivity index (χ1v) is 11.8. The Labute approximate surface area is 179 Å². The first kappa shape index (κ1) is 20.2. The lowest BCUT2D eigenvalue weighted by Crippen LogP contribution is -2.66. The minimum atomic E-state index is -0.267. The predicted molar refractivity (Wildman–Crippen MR) is 114 cm³/mol. The molecule has 1 aromatic rings. The highest BCUT2D eigenvalue weighted by molar-refractivity contribution is 5.67. The highest BCUT2D eigenvalue weighted by atomic mass is 16.6. The number of nitrogens with one attached hydrogen (secondary N) is 1. The second-order valence-corrected chi connectivity index (χ2v) is 10.4. The van der Waals surface area contributed by atoms with Crippen LogP contribution in [-0.4, -0.2) is 30.9 Å². The Bertz CT molecular complexity index is 806. The molecule has 2 heterocycles. The molecular formula is C25H35NO4. The summed E-state index contributed by atoms with van der Waals surface area (Å²) in [5.74, 6) is 1.88. The third kappa shape index (κ3) is 3.12. The van der Waals surface area contributed by atoms with Crippen LogP contribution < -0.4 is 10.1 Å². The van der Waals surface area contributed by atoms with Crippen LogP contribution in [0.5, 0.6) is 5.75 Å². The summed E-state index contributed by atoms with van der Waals surface area (Å²) < 4.78 is 19.0. The average molecular weight is 414 g/mol. The summed E-state index contributed by atoms with van der Waals surface area (Å²) in [6, 6.07) is 8.55. The summed E-state index contributed by atoms with van der Waals surface area (Å²) >= 11 is 0. The topological polar surface area (TPSA) is 56.8 Å². The van der Waals surface area contributed by atoms with Gasteiger partial charge < -0.3 is 19.5 Å². The number of hydrogen-bond acceptors (Lipinski definition) is 4. The van der Waals surface area contributed by atoms with Crippen molar-refractivity contribution in [3.8, 4) is 5.75 Å². The van der Waals surface area contributed by atoms with Crippen LogP contribution in [-0.2, 0) is 9.47 Å². The molecule has 0 radical (unpaired) electrons. The fraction of sp³-hybridized carbons (Fsp3) is 0.720. The highest BCUT2D eigenvalue weighted by Gasteiger charge is 2.64. The van der Waals surface area contributed by atoms with Gasteiger partial charge in [0.25, 0.3) is 0 Å². The molecule has 3 fully saturated rings. The highest BCUT2D eigenvalue weighted by Crippen LogP contribution is 2.63. The molecule has 0 unspecified atom stereocenters. The molecule has 5 heteroatoms. The van der Waals surface area contributed by atoms with Crippen LogP contribution in [0.25, 0.3) is 0 Å². The van der Waals surface area contributed by atoms with E-state index in [1.807, 2.05) is 6.07 Å². The van der Waals surface area contributed by atoms with E-state index in [-0.39, 0.29) is 35.2 Å². The van der Waals surface area contributed by atoms with Gasteiger partial charge in [0.2, 0.25) is 0 Å². The summed E-state index contributed by atoms with van der Waals surface area (Å²) in [6.45, 7) is 7.86. The Balaban J connectivity index is 1.34. The Hall–Kier alpha value is -1.75. The Kier molecular flexibility index (Phi) is 5.00. The zero-order valence-electron chi connectivity index (χ0n) is 18.5. The van der Waals surface area contributed by atoms with Crippen LogP contribution in [0.2, 0.25) is 0 Å². The van der Waals surface area contributed by atoms with Crippen LogP contribution in [0.15, 0.2) is 24.3 Å². The van der Waals surface area contributed by atoms with Gasteiger partial charge in [-0.15, -0.1) is 0 Å². The average Bonchev–Trinajstić information content (AvgIpc) is 2.73. The maximum absolute atomic E-state index is 12.5. The first-order chi connectivity index (χ1) is 14.4. The maximum Gasteiger partial charge on any atom is 0.407 e. The molecule has 164 valence electrons. The fourth-order valence-corrected chi connectivity index (χ4v) is 6.91. The first-order valence-electron chi connectivity index (χ1n) is 11.8. The van der Waals surface area contributed by atoms with E-state index in [2.05, 4.69) is 44.3 Å². The molecular weight excluding hydrogens is 378 g/mol. The van der Waals surface area contributed by atoms with Crippen molar-refractivity contribution in [1.29, 1.82) is 0 Å². The van der Waals surface area contributed by atoms with Crippen LogP contribution in [0, 0.1) is 23.2 Å². The van der Waals surface area contributed by atoms with E-state index in [4.69, 9.17) is 14.2 Å². The number of amides is 1. The Morgan fingerprint density at radius 2 is 1.97 bits per heavy atom. The Morgan fingerprint density at radius 3 is 2.77 bits per heavy atom. The molecule has 0 aromatic heterocycles. The quantitative estimate of drug-likeness (QED) is 0.736. The number of benzene rings is 1. The van der Waals surface area contributed by atoms with Crippen molar-refractivity contribution in [1.82, 2.24) is 5.32 Å². The number of ether oxygens (including phenoxy) is 3. The molecule has 2 saturated carbocycles. The van der Waals surface area contributed by atoms with Crippen molar-refractivity contribution in [3.05, 3.63) is 29.8 Å². The summed E-state index contributed by atoms with van der Waals surface area (Å²) in [4.78, 5) is 12.5. The van der Waals surface area contributed by atoms with E-state index in [0.29, 0.717) is 25.0 Å². The van der Waals surface area contributed by atoms with E-state index in [1.165, 1.54) is 19.3 Å². The number of carbonyl (C=O) groups is 1. The lowest BCUT2D eigenvalue weighted by molar-refractivity contribution is -0.259. The number of rotatable bonds is 3. The van der Waals surface area contributed by atoms with Gasteiger partial charge in [-0.2, -0.15) is 0 Å². The molecule has 2 aliphatic carbocycles. The monoisotopic (exact) mass is 413 g/mol. The molecule has 5 nitrogen and oxygen atoms in total. The molecule has 5 rings (SSSR count). The molecule has 1 aromatic carbocycles. The van der Waals surface area contributed by atoms with E-state index in [1.54, 1.807) is 0 Å². The van der Waals surface area contributed by atoms with Crippen molar-refractivity contribution in [2.24, 2.45) is 23.2 Å². The molecule has 1 amide bonds. The maximum atomic E-state index is 12.5. The van der Waals surface area contributed by atoms with E-state index < -0.39 is 0 Å². The second-order valence-electron chi connectivity index (χ2n) is 10.4.